The average Bonchev–Trinajstić information content (AvgIpc) is 2.32. The van der Waals surface area contributed by atoms with Crippen LogP contribution in [0.3, 0.4) is 0 Å². The fourth-order valence-electron chi connectivity index (χ4n) is 2.06. The van der Waals surface area contributed by atoms with Crippen molar-refractivity contribution in [2.75, 3.05) is 0 Å². The molecule has 0 aromatic heterocycles. The van der Waals surface area contributed by atoms with Crippen LogP contribution in [0.4, 0.5) is 13.2 Å². The predicted octanol–water partition coefficient (Wildman–Crippen LogP) is 4.28. The lowest BCUT2D eigenvalue weighted by Crippen LogP contribution is -2.35. The van der Waals surface area contributed by atoms with Gasteiger partial charge in [-0.3, -0.25) is 0 Å². The molecule has 0 saturated heterocycles. The molecule has 0 aliphatic carbocycles. The van der Waals surface area contributed by atoms with Crippen molar-refractivity contribution in [3.8, 4) is 0 Å². The van der Waals surface area contributed by atoms with Crippen molar-refractivity contribution in [1.29, 1.82) is 0 Å². The second kappa shape index (κ2) is 5.58. The maximum absolute atomic E-state index is 13.3. The highest BCUT2D eigenvalue weighted by Crippen LogP contribution is 2.28. The maximum atomic E-state index is 13.3. The topological polar surface area (TPSA) is 26.0 Å². The molecule has 2 N–H and O–H groups in total. The highest BCUT2D eigenvalue weighted by Gasteiger charge is 2.24. The van der Waals surface area contributed by atoms with E-state index in [4.69, 9.17) is 5.73 Å². The summed E-state index contributed by atoms with van der Waals surface area (Å²) in [7, 11) is 0. The largest absolute Gasteiger partial charge is 0.321 e. The zero-order valence-electron chi connectivity index (χ0n) is 10.8. The van der Waals surface area contributed by atoms with Gasteiger partial charge in [0.05, 0.1) is 0 Å². The van der Waals surface area contributed by atoms with Crippen molar-refractivity contribution in [1.82, 2.24) is 0 Å². The van der Waals surface area contributed by atoms with Crippen molar-refractivity contribution >= 4 is 15.9 Å². The Kier molecular flexibility index (Phi) is 4.20. The monoisotopic (exact) mass is 343 g/mol. The number of hydrogen-bond donors (Lipinski definition) is 1. The highest BCUT2D eigenvalue weighted by molar-refractivity contribution is 9.10. The van der Waals surface area contributed by atoms with E-state index >= 15 is 0 Å². The summed E-state index contributed by atoms with van der Waals surface area (Å²) < 4.78 is 40.5. The molecule has 0 aliphatic rings. The molecule has 0 heterocycles. The molecule has 0 spiro atoms. The Morgan fingerprint density at radius 1 is 1.00 bits per heavy atom. The van der Waals surface area contributed by atoms with Crippen LogP contribution in [0.1, 0.15) is 18.1 Å². The number of rotatable bonds is 3. The molecule has 0 amide bonds. The second-order valence-corrected chi connectivity index (χ2v) is 5.84. The summed E-state index contributed by atoms with van der Waals surface area (Å²) in [5.74, 6) is -1.76. The summed E-state index contributed by atoms with van der Waals surface area (Å²) >= 11 is 3.31. The Morgan fingerprint density at radius 2 is 1.60 bits per heavy atom. The van der Waals surface area contributed by atoms with E-state index in [1.54, 1.807) is 13.0 Å². The highest BCUT2D eigenvalue weighted by atomic mass is 79.9. The van der Waals surface area contributed by atoms with Crippen LogP contribution in [0.25, 0.3) is 0 Å². The van der Waals surface area contributed by atoms with E-state index < -0.39 is 17.2 Å². The van der Waals surface area contributed by atoms with Gasteiger partial charge in [0, 0.05) is 16.1 Å². The third-order valence-corrected chi connectivity index (χ3v) is 3.86. The second-order valence-electron chi connectivity index (χ2n) is 4.99. The fraction of sp³-hybridized carbons (Fsp3) is 0.200. The lowest BCUT2D eigenvalue weighted by Gasteiger charge is -2.26. The van der Waals surface area contributed by atoms with Gasteiger partial charge in [0.25, 0.3) is 0 Å². The van der Waals surface area contributed by atoms with Crippen LogP contribution in [-0.4, -0.2) is 0 Å². The van der Waals surface area contributed by atoms with E-state index in [0.29, 0.717) is 15.6 Å². The molecule has 1 atom stereocenters. The van der Waals surface area contributed by atoms with E-state index in [1.807, 2.05) is 0 Å². The number of nitrogens with two attached hydrogens (primary N) is 1. The summed E-state index contributed by atoms with van der Waals surface area (Å²) in [6.45, 7) is 1.65. The van der Waals surface area contributed by atoms with Gasteiger partial charge in [-0.1, -0.05) is 15.9 Å². The van der Waals surface area contributed by atoms with Gasteiger partial charge in [-0.2, -0.15) is 0 Å². The molecule has 0 radical (unpaired) electrons. The summed E-state index contributed by atoms with van der Waals surface area (Å²) in [5.41, 5.74) is 6.10. The molecule has 2 aromatic rings. The van der Waals surface area contributed by atoms with Crippen LogP contribution >= 0.6 is 15.9 Å². The summed E-state index contributed by atoms with van der Waals surface area (Å²) in [6, 6.07) is 7.42. The Bertz CT molecular complexity index is 621. The minimum atomic E-state index is -1.01. The molecule has 0 fully saturated rings. The third kappa shape index (κ3) is 3.41. The fourth-order valence-corrected chi connectivity index (χ4v) is 2.45. The van der Waals surface area contributed by atoms with Crippen molar-refractivity contribution in [2.45, 2.75) is 18.9 Å². The smallest absolute Gasteiger partial charge is 0.126 e. The van der Waals surface area contributed by atoms with E-state index in [-0.39, 0.29) is 12.2 Å². The van der Waals surface area contributed by atoms with Crippen LogP contribution in [0, 0.1) is 17.5 Å². The molecule has 0 aliphatic heterocycles. The first kappa shape index (κ1) is 15.1. The average molecular weight is 344 g/mol. The van der Waals surface area contributed by atoms with Crippen LogP contribution in [0.2, 0.25) is 0 Å². The number of benzene rings is 2. The van der Waals surface area contributed by atoms with Gasteiger partial charge in [0.15, 0.2) is 0 Å². The quantitative estimate of drug-likeness (QED) is 0.884. The molecular formula is C15H13BrF3N. The normalized spacial score (nSPS) is 14.1. The SMILES string of the molecule is CC(N)(Cc1cc(F)ccc1Br)c1cc(F)cc(F)c1. The summed E-state index contributed by atoms with van der Waals surface area (Å²) in [4.78, 5) is 0. The zero-order chi connectivity index (χ0) is 14.9. The van der Waals surface area contributed by atoms with Crippen molar-refractivity contribution in [3.05, 3.63) is 69.4 Å². The molecule has 5 heteroatoms. The van der Waals surface area contributed by atoms with Gasteiger partial charge in [0.2, 0.25) is 0 Å². The van der Waals surface area contributed by atoms with Crippen molar-refractivity contribution in [2.24, 2.45) is 5.73 Å². The Hall–Kier alpha value is -1.33. The molecule has 2 rings (SSSR count). The first-order chi connectivity index (χ1) is 9.28. The van der Waals surface area contributed by atoms with E-state index in [1.165, 1.54) is 24.3 Å². The van der Waals surface area contributed by atoms with Gasteiger partial charge in [-0.15, -0.1) is 0 Å². The molecule has 106 valence electrons. The lowest BCUT2D eigenvalue weighted by atomic mass is 9.86. The molecule has 1 unspecified atom stereocenters. The number of halogens is 4. The third-order valence-electron chi connectivity index (χ3n) is 3.09. The summed E-state index contributed by atoms with van der Waals surface area (Å²) in [6.07, 6.45) is 0.244. The van der Waals surface area contributed by atoms with Gasteiger partial charge in [0.1, 0.15) is 17.5 Å². The maximum Gasteiger partial charge on any atom is 0.126 e. The van der Waals surface area contributed by atoms with Crippen molar-refractivity contribution < 1.29 is 13.2 Å². The van der Waals surface area contributed by atoms with Crippen LogP contribution in [0.5, 0.6) is 0 Å². The van der Waals surface area contributed by atoms with Gasteiger partial charge in [-0.05, 0) is 54.8 Å². The Labute approximate surface area is 123 Å². The van der Waals surface area contributed by atoms with Gasteiger partial charge in [-0.25, -0.2) is 13.2 Å². The minimum absolute atomic E-state index is 0.244. The molecule has 1 nitrogen and oxygen atoms in total. The Morgan fingerprint density at radius 3 is 2.20 bits per heavy atom. The van der Waals surface area contributed by atoms with E-state index in [9.17, 15) is 13.2 Å². The molecule has 0 bridgehead atoms. The minimum Gasteiger partial charge on any atom is -0.321 e. The number of hydrogen-bond acceptors (Lipinski definition) is 1. The van der Waals surface area contributed by atoms with Crippen LogP contribution < -0.4 is 5.73 Å². The van der Waals surface area contributed by atoms with Crippen LogP contribution in [-0.2, 0) is 12.0 Å². The van der Waals surface area contributed by atoms with E-state index in [2.05, 4.69) is 15.9 Å². The molecule has 20 heavy (non-hydrogen) atoms. The summed E-state index contributed by atoms with van der Waals surface area (Å²) in [5, 5.41) is 0. The van der Waals surface area contributed by atoms with E-state index in [0.717, 1.165) is 6.07 Å². The predicted molar refractivity (Wildman–Crippen MR) is 75.7 cm³/mol. The van der Waals surface area contributed by atoms with Gasteiger partial charge < -0.3 is 5.73 Å². The molecule has 2 aromatic carbocycles. The first-order valence-electron chi connectivity index (χ1n) is 5.97. The molecule has 0 saturated carbocycles. The molecular weight excluding hydrogens is 331 g/mol. The van der Waals surface area contributed by atoms with Crippen LogP contribution in [0.15, 0.2) is 40.9 Å². The lowest BCUT2D eigenvalue weighted by molar-refractivity contribution is 0.476. The standard InChI is InChI=1S/C15H13BrF3N/c1-15(20,10-5-12(18)7-13(19)6-10)8-9-4-11(17)2-3-14(9)16/h2-7H,8,20H2,1H3. The van der Waals surface area contributed by atoms with Gasteiger partial charge >= 0.3 is 0 Å². The first-order valence-corrected chi connectivity index (χ1v) is 6.76. The van der Waals surface area contributed by atoms with Crippen molar-refractivity contribution in [3.63, 3.8) is 0 Å². The zero-order valence-corrected chi connectivity index (χ0v) is 12.3. The Balaban J connectivity index is 2.37.